The SMILES string of the molecule is COc1ccc(C(=O)N(C)C)cc1NC(=O)c1cc(S(=O)(=O)Nc2ccc(F)cc2)ccc1C. The molecule has 10 heteroatoms. The Morgan fingerprint density at radius 1 is 0.971 bits per heavy atom. The lowest BCUT2D eigenvalue weighted by Crippen LogP contribution is -2.22. The molecule has 0 aliphatic carbocycles. The number of carbonyl (C=O) groups excluding carboxylic acids is 2. The van der Waals surface area contributed by atoms with Crippen LogP contribution in [0.5, 0.6) is 5.75 Å². The number of nitrogens with one attached hydrogen (secondary N) is 2. The first-order chi connectivity index (χ1) is 16.0. The Morgan fingerprint density at radius 2 is 1.65 bits per heavy atom. The first-order valence-electron chi connectivity index (χ1n) is 10.1. The fraction of sp³-hybridized carbons (Fsp3) is 0.167. The summed E-state index contributed by atoms with van der Waals surface area (Å²) in [6, 6.07) is 13.6. The van der Waals surface area contributed by atoms with E-state index < -0.39 is 21.7 Å². The zero-order chi connectivity index (χ0) is 25.0. The molecular formula is C24H24FN3O5S. The monoisotopic (exact) mass is 485 g/mol. The van der Waals surface area contributed by atoms with E-state index in [9.17, 15) is 22.4 Å². The predicted molar refractivity (Wildman–Crippen MR) is 127 cm³/mol. The van der Waals surface area contributed by atoms with Gasteiger partial charge >= 0.3 is 0 Å². The van der Waals surface area contributed by atoms with Gasteiger partial charge in [0.15, 0.2) is 0 Å². The van der Waals surface area contributed by atoms with Crippen LogP contribution in [0.15, 0.2) is 65.6 Å². The molecule has 2 N–H and O–H groups in total. The molecule has 0 radical (unpaired) electrons. The van der Waals surface area contributed by atoms with Gasteiger partial charge in [0.1, 0.15) is 11.6 Å². The van der Waals surface area contributed by atoms with Crippen LogP contribution in [0, 0.1) is 12.7 Å². The number of amides is 2. The molecule has 178 valence electrons. The van der Waals surface area contributed by atoms with Crippen LogP contribution in [0.3, 0.4) is 0 Å². The van der Waals surface area contributed by atoms with Gasteiger partial charge in [-0.2, -0.15) is 0 Å². The molecule has 0 saturated heterocycles. The molecule has 0 unspecified atom stereocenters. The maximum absolute atomic E-state index is 13.1. The first kappa shape index (κ1) is 24.7. The van der Waals surface area contributed by atoms with Crippen molar-refractivity contribution in [3.8, 4) is 5.75 Å². The maximum atomic E-state index is 13.1. The molecule has 0 atom stereocenters. The molecule has 8 nitrogen and oxygen atoms in total. The number of hydrogen-bond donors (Lipinski definition) is 2. The first-order valence-corrected chi connectivity index (χ1v) is 11.6. The fourth-order valence-electron chi connectivity index (χ4n) is 3.13. The molecule has 0 aromatic heterocycles. The predicted octanol–water partition coefficient (Wildman–Crippen LogP) is 3.90. The van der Waals surface area contributed by atoms with Crippen molar-refractivity contribution in [3.05, 3.63) is 83.2 Å². The molecule has 34 heavy (non-hydrogen) atoms. The summed E-state index contributed by atoms with van der Waals surface area (Å²) < 4.78 is 46.4. The van der Waals surface area contributed by atoms with E-state index in [1.54, 1.807) is 33.2 Å². The van der Waals surface area contributed by atoms with E-state index in [1.165, 1.54) is 48.4 Å². The van der Waals surface area contributed by atoms with Crippen molar-refractivity contribution in [1.82, 2.24) is 4.90 Å². The van der Waals surface area contributed by atoms with Gasteiger partial charge in [0.25, 0.3) is 21.8 Å². The molecule has 0 heterocycles. The summed E-state index contributed by atoms with van der Waals surface area (Å²) in [6.07, 6.45) is 0. The van der Waals surface area contributed by atoms with E-state index in [-0.39, 0.29) is 27.7 Å². The number of rotatable bonds is 7. The van der Waals surface area contributed by atoms with Crippen LogP contribution in [0.2, 0.25) is 0 Å². The van der Waals surface area contributed by atoms with Gasteiger partial charge in [-0.15, -0.1) is 0 Å². The Kier molecular flexibility index (Phi) is 7.21. The summed E-state index contributed by atoms with van der Waals surface area (Å²) >= 11 is 0. The van der Waals surface area contributed by atoms with Crippen LogP contribution in [-0.2, 0) is 10.0 Å². The van der Waals surface area contributed by atoms with E-state index in [4.69, 9.17) is 4.74 Å². The van der Waals surface area contributed by atoms with Gasteiger partial charge in [-0.25, -0.2) is 12.8 Å². The average Bonchev–Trinajstić information content (AvgIpc) is 2.79. The normalized spacial score (nSPS) is 11.0. The smallest absolute Gasteiger partial charge is 0.261 e. The third-order valence-corrected chi connectivity index (χ3v) is 6.34. The third kappa shape index (κ3) is 5.52. The van der Waals surface area contributed by atoms with Gasteiger partial charge in [-0.3, -0.25) is 14.3 Å². The van der Waals surface area contributed by atoms with Crippen LogP contribution in [0.4, 0.5) is 15.8 Å². The molecule has 2 amide bonds. The Balaban J connectivity index is 1.91. The van der Waals surface area contributed by atoms with Crippen molar-refractivity contribution < 1.29 is 27.1 Å². The largest absolute Gasteiger partial charge is 0.495 e. The van der Waals surface area contributed by atoms with Crippen LogP contribution < -0.4 is 14.8 Å². The summed E-state index contributed by atoms with van der Waals surface area (Å²) in [4.78, 5) is 26.6. The summed E-state index contributed by atoms with van der Waals surface area (Å²) in [6.45, 7) is 1.67. The van der Waals surface area contributed by atoms with E-state index in [0.717, 1.165) is 12.1 Å². The fourth-order valence-corrected chi connectivity index (χ4v) is 4.22. The van der Waals surface area contributed by atoms with Gasteiger partial charge in [0, 0.05) is 30.9 Å². The Morgan fingerprint density at radius 3 is 2.26 bits per heavy atom. The van der Waals surface area contributed by atoms with Crippen LogP contribution in [0.1, 0.15) is 26.3 Å². The standard InChI is InChI=1S/C24H24FN3O5S/c1-15-5-11-19(34(31,32)27-18-9-7-17(25)8-10-18)14-20(15)23(29)26-21-13-16(24(30)28(2)3)6-12-22(21)33-4/h5-14,27H,1-4H3,(H,26,29). The second kappa shape index (κ2) is 9.92. The molecule has 0 aliphatic rings. The number of methoxy groups -OCH3 is 1. The Labute approximate surface area is 197 Å². The summed E-state index contributed by atoms with van der Waals surface area (Å²) in [5, 5.41) is 2.70. The lowest BCUT2D eigenvalue weighted by atomic mass is 10.1. The zero-order valence-corrected chi connectivity index (χ0v) is 19.9. The van der Waals surface area contributed by atoms with Gasteiger partial charge < -0.3 is 15.0 Å². The molecule has 0 fully saturated rings. The molecule has 0 bridgehead atoms. The molecule has 0 spiro atoms. The number of hydrogen-bond acceptors (Lipinski definition) is 5. The van der Waals surface area contributed by atoms with E-state index in [1.807, 2.05) is 0 Å². The summed E-state index contributed by atoms with van der Waals surface area (Å²) in [5.74, 6) is -0.995. The second-order valence-electron chi connectivity index (χ2n) is 7.66. The van der Waals surface area contributed by atoms with E-state index >= 15 is 0 Å². The van der Waals surface area contributed by atoms with Crippen molar-refractivity contribution in [2.24, 2.45) is 0 Å². The third-order valence-electron chi connectivity index (χ3n) is 4.96. The molecule has 3 aromatic rings. The highest BCUT2D eigenvalue weighted by molar-refractivity contribution is 7.92. The van der Waals surface area contributed by atoms with Gasteiger partial charge in [-0.1, -0.05) is 6.07 Å². The van der Waals surface area contributed by atoms with E-state index in [0.29, 0.717) is 16.9 Å². The van der Waals surface area contributed by atoms with Crippen molar-refractivity contribution in [1.29, 1.82) is 0 Å². The highest BCUT2D eigenvalue weighted by Gasteiger charge is 2.20. The number of benzene rings is 3. The zero-order valence-electron chi connectivity index (χ0n) is 19.0. The number of carbonyl (C=O) groups is 2. The lowest BCUT2D eigenvalue weighted by Gasteiger charge is -2.15. The van der Waals surface area contributed by atoms with Crippen molar-refractivity contribution in [3.63, 3.8) is 0 Å². The Bertz CT molecular complexity index is 1340. The number of aryl methyl sites for hydroxylation is 1. The topological polar surface area (TPSA) is 105 Å². The highest BCUT2D eigenvalue weighted by atomic mass is 32.2. The van der Waals surface area contributed by atoms with Crippen molar-refractivity contribution in [2.45, 2.75) is 11.8 Å². The van der Waals surface area contributed by atoms with Crippen LogP contribution >= 0.6 is 0 Å². The average molecular weight is 486 g/mol. The maximum Gasteiger partial charge on any atom is 0.261 e. The minimum atomic E-state index is -4.04. The lowest BCUT2D eigenvalue weighted by molar-refractivity contribution is 0.0827. The van der Waals surface area contributed by atoms with Gasteiger partial charge in [0.2, 0.25) is 0 Å². The Hall–Kier alpha value is -3.92. The minimum absolute atomic E-state index is 0.119. The highest BCUT2D eigenvalue weighted by Crippen LogP contribution is 2.27. The van der Waals surface area contributed by atoms with Crippen molar-refractivity contribution >= 4 is 33.2 Å². The van der Waals surface area contributed by atoms with E-state index in [2.05, 4.69) is 10.0 Å². The number of anilines is 2. The number of sulfonamides is 1. The number of nitrogens with zero attached hydrogens (tertiary/aromatic N) is 1. The summed E-state index contributed by atoms with van der Waals surface area (Å²) in [5.41, 5.74) is 1.45. The number of halogens is 1. The second-order valence-corrected chi connectivity index (χ2v) is 9.34. The van der Waals surface area contributed by atoms with Crippen LogP contribution in [0.25, 0.3) is 0 Å². The number of ether oxygens (including phenoxy) is 1. The van der Waals surface area contributed by atoms with Crippen LogP contribution in [-0.4, -0.2) is 46.3 Å². The summed E-state index contributed by atoms with van der Waals surface area (Å²) in [7, 11) is 0.612. The van der Waals surface area contributed by atoms with Crippen molar-refractivity contribution in [2.75, 3.05) is 31.2 Å². The quantitative estimate of drug-likeness (QED) is 0.528. The van der Waals surface area contributed by atoms with Gasteiger partial charge in [0.05, 0.1) is 17.7 Å². The molecule has 0 aliphatic heterocycles. The molecule has 0 saturated carbocycles. The minimum Gasteiger partial charge on any atom is -0.495 e. The molecule has 3 rings (SSSR count). The molecular weight excluding hydrogens is 461 g/mol. The molecule has 3 aromatic carbocycles. The van der Waals surface area contributed by atoms with Gasteiger partial charge in [-0.05, 0) is 67.1 Å².